The molecular formula is C26H25F2N5O. The third-order valence-corrected chi connectivity index (χ3v) is 6.03. The van der Waals surface area contributed by atoms with Crippen molar-refractivity contribution in [3.8, 4) is 28.3 Å². The van der Waals surface area contributed by atoms with Crippen LogP contribution in [0.1, 0.15) is 12.8 Å². The lowest BCUT2D eigenvalue weighted by Crippen LogP contribution is -2.25. The van der Waals surface area contributed by atoms with Gasteiger partial charge in [-0.1, -0.05) is 0 Å². The van der Waals surface area contributed by atoms with Crippen LogP contribution in [0.4, 0.5) is 14.6 Å². The highest BCUT2D eigenvalue weighted by Gasteiger charge is 2.18. The van der Waals surface area contributed by atoms with Gasteiger partial charge >= 0.3 is 0 Å². The van der Waals surface area contributed by atoms with Gasteiger partial charge in [0.1, 0.15) is 35.3 Å². The third-order valence-electron chi connectivity index (χ3n) is 6.03. The van der Waals surface area contributed by atoms with Gasteiger partial charge in [0.05, 0.1) is 0 Å². The molecule has 4 aromatic rings. The molecule has 8 heteroatoms. The zero-order valence-corrected chi connectivity index (χ0v) is 18.9. The second kappa shape index (κ2) is 9.69. The van der Waals surface area contributed by atoms with Crippen molar-refractivity contribution in [2.45, 2.75) is 12.8 Å². The second-order valence-corrected chi connectivity index (χ2v) is 8.28. The highest BCUT2D eigenvalue weighted by atomic mass is 19.1. The van der Waals surface area contributed by atoms with Crippen molar-refractivity contribution >= 4 is 16.7 Å². The molecule has 0 unspecified atom stereocenters. The first-order chi connectivity index (χ1) is 16.6. The zero-order chi connectivity index (χ0) is 23.5. The summed E-state index contributed by atoms with van der Waals surface area (Å²) in [6.45, 7) is 3.42. The number of hydrogen-bond donors (Lipinski definition) is 1. The Morgan fingerprint density at radius 3 is 2.62 bits per heavy atom. The van der Waals surface area contributed by atoms with Gasteiger partial charge in [-0.3, -0.25) is 9.88 Å². The predicted octanol–water partition coefficient (Wildman–Crippen LogP) is 5.15. The maximum atomic E-state index is 14.7. The van der Waals surface area contributed by atoms with Crippen molar-refractivity contribution in [1.82, 2.24) is 19.9 Å². The molecule has 0 atom stereocenters. The number of benzene rings is 2. The first kappa shape index (κ1) is 22.2. The van der Waals surface area contributed by atoms with Gasteiger partial charge in [-0.15, -0.1) is 0 Å². The van der Waals surface area contributed by atoms with Crippen molar-refractivity contribution in [1.29, 1.82) is 0 Å². The van der Waals surface area contributed by atoms with Gasteiger partial charge in [0.25, 0.3) is 0 Å². The maximum absolute atomic E-state index is 14.7. The molecule has 2 aromatic heterocycles. The molecule has 0 aliphatic carbocycles. The highest BCUT2D eigenvalue weighted by Crippen LogP contribution is 2.36. The summed E-state index contributed by atoms with van der Waals surface area (Å²) in [5.74, 6) is 0.359. The van der Waals surface area contributed by atoms with Gasteiger partial charge in [0, 0.05) is 48.6 Å². The Morgan fingerprint density at radius 2 is 1.88 bits per heavy atom. The molecular weight excluding hydrogens is 436 g/mol. The van der Waals surface area contributed by atoms with Crippen molar-refractivity contribution in [2.24, 2.45) is 0 Å². The van der Waals surface area contributed by atoms with Crippen LogP contribution in [0.2, 0.25) is 0 Å². The molecule has 0 radical (unpaired) electrons. The summed E-state index contributed by atoms with van der Waals surface area (Å²) < 4.78 is 34.4. The fourth-order valence-corrected chi connectivity index (χ4v) is 4.30. The quantitative estimate of drug-likeness (QED) is 0.411. The van der Waals surface area contributed by atoms with Gasteiger partial charge < -0.3 is 10.1 Å². The summed E-state index contributed by atoms with van der Waals surface area (Å²) in [6.07, 6.45) is 5.81. The lowest BCUT2D eigenvalue weighted by atomic mass is 10.0. The van der Waals surface area contributed by atoms with Gasteiger partial charge in [0.15, 0.2) is 5.82 Å². The van der Waals surface area contributed by atoms with E-state index in [4.69, 9.17) is 9.72 Å². The topological polar surface area (TPSA) is 63.2 Å². The number of nitrogens with zero attached hydrogens (tertiary/aromatic N) is 4. The molecule has 1 N–H and O–H groups in total. The number of nitrogens with one attached hydrogen (secondary N) is 1. The molecule has 34 heavy (non-hydrogen) atoms. The molecule has 2 aromatic carbocycles. The number of rotatable bonds is 7. The van der Waals surface area contributed by atoms with Crippen molar-refractivity contribution in [3.05, 3.63) is 66.5 Å². The van der Waals surface area contributed by atoms with Crippen molar-refractivity contribution in [3.63, 3.8) is 0 Å². The van der Waals surface area contributed by atoms with Crippen LogP contribution in [-0.2, 0) is 0 Å². The van der Waals surface area contributed by atoms with E-state index in [1.807, 2.05) is 12.1 Å². The Balaban J connectivity index is 1.63. The van der Waals surface area contributed by atoms with E-state index in [9.17, 15) is 8.78 Å². The van der Waals surface area contributed by atoms with Gasteiger partial charge in [0.2, 0.25) is 0 Å². The first-order valence-corrected chi connectivity index (χ1v) is 11.4. The van der Waals surface area contributed by atoms with Crippen molar-refractivity contribution in [2.75, 3.05) is 38.6 Å². The molecule has 1 aliphatic rings. The average molecular weight is 462 g/mol. The molecule has 1 fully saturated rings. The fraction of sp³-hybridized carbons (Fsp3) is 0.269. The number of fused-ring (bicyclic) bond motifs is 1. The number of likely N-dealkylation sites (tertiary alicyclic amines) is 1. The van der Waals surface area contributed by atoms with Crippen molar-refractivity contribution < 1.29 is 13.5 Å². The number of aromatic nitrogens is 3. The molecule has 0 amide bonds. The molecule has 174 valence electrons. The average Bonchev–Trinajstić information content (AvgIpc) is 3.37. The van der Waals surface area contributed by atoms with Crippen LogP contribution in [0, 0.1) is 11.6 Å². The standard InChI is InChI=1S/C26H25F2N5O/c1-29-26-21-13-18(20-7-6-19(27)15-22(20)28)14-23(34-12-11-33-9-2-3-10-33)24(21)31-25(32-26)17-5-4-8-30-16-17/h4-8,13-16H,2-3,9-12H2,1H3,(H,29,31,32). The van der Waals surface area contributed by atoms with E-state index in [-0.39, 0.29) is 5.56 Å². The normalized spacial score (nSPS) is 14.0. The van der Waals surface area contributed by atoms with Gasteiger partial charge in [-0.2, -0.15) is 0 Å². The van der Waals surface area contributed by atoms with Crippen LogP contribution in [0.5, 0.6) is 5.75 Å². The molecule has 1 aliphatic heterocycles. The monoisotopic (exact) mass is 461 g/mol. The molecule has 0 saturated carbocycles. The van der Waals surface area contributed by atoms with Crippen LogP contribution in [-0.4, -0.2) is 53.1 Å². The van der Waals surface area contributed by atoms with E-state index in [0.29, 0.717) is 40.5 Å². The summed E-state index contributed by atoms with van der Waals surface area (Å²) in [4.78, 5) is 16.0. The maximum Gasteiger partial charge on any atom is 0.163 e. The van der Waals surface area contributed by atoms with E-state index in [2.05, 4.69) is 20.2 Å². The number of anilines is 1. The lowest BCUT2D eigenvalue weighted by molar-refractivity contribution is 0.239. The Morgan fingerprint density at radius 1 is 1.03 bits per heavy atom. The lowest BCUT2D eigenvalue weighted by Gasteiger charge is -2.18. The summed E-state index contributed by atoms with van der Waals surface area (Å²) >= 11 is 0. The third kappa shape index (κ3) is 4.54. The Hall–Kier alpha value is -3.65. The van der Waals surface area contributed by atoms with Crippen LogP contribution < -0.4 is 10.1 Å². The highest BCUT2D eigenvalue weighted by molar-refractivity contribution is 5.97. The molecule has 0 bridgehead atoms. The Kier molecular flexibility index (Phi) is 6.31. The minimum Gasteiger partial charge on any atom is -0.490 e. The molecule has 5 rings (SSSR count). The van der Waals surface area contributed by atoms with Crippen LogP contribution in [0.15, 0.2) is 54.9 Å². The minimum absolute atomic E-state index is 0.283. The Bertz CT molecular complexity index is 1310. The Labute approximate surface area is 196 Å². The van der Waals surface area contributed by atoms with E-state index >= 15 is 0 Å². The summed E-state index contributed by atoms with van der Waals surface area (Å²) in [7, 11) is 1.77. The van der Waals surface area contributed by atoms with Gasteiger partial charge in [-0.05, 0) is 67.9 Å². The van der Waals surface area contributed by atoms with Crippen LogP contribution in [0.25, 0.3) is 33.4 Å². The van der Waals surface area contributed by atoms with Crippen LogP contribution >= 0.6 is 0 Å². The SMILES string of the molecule is CNc1nc(-c2cccnc2)nc2c(OCCN3CCCC3)cc(-c3ccc(F)cc3F)cc12. The predicted molar refractivity (Wildman–Crippen MR) is 129 cm³/mol. The summed E-state index contributed by atoms with van der Waals surface area (Å²) in [6, 6.07) is 10.9. The fourth-order valence-electron chi connectivity index (χ4n) is 4.30. The largest absolute Gasteiger partial charge is 0.490 e. The molecule has 1 saturated heterocycles. The van der Waals surface area contributed by atoms with Crippen LogP contribution in [0.3, 0.4) is 0 Å². The summed E-state index contributed by atoms with van der Waals surface area (Å²) in [5, 5.41) is 3.81. The minimum atomic E-state index is -0.638. The van der Waals surface area contributed by atoms with E-state index in [1.54, 1.807) is 31.6 Å². The van der Waals surface area contributed by atoms with E-state index < -0.39 is 11.6 Å². The smallest absolute Gasteiger partial charge is 0.163 e. The number of pyridine rings is 1. The summed E-state index contributed by atoms with van der Waals surface area (Å²) in [5.41, 5.74) is 2.24. The number of hydrogen-bond acceptors (Lipinski definition) is 6. The first-order valence-electron chi connectivity index (χ1n) is 11.4. The molecule has 6 nitrogen and oxygen atoms in total. The second-order valence-electron chi connectivity index (χ2n) is 8.28. The number of halogens is 2. The van der Waals surface area contributed by atoms with Gasteiger partial charge in [-0.25, -0.2) is 18.7 Å². The molecule has 3 heterocycles. The van der Waals surface area contributed by atoms with E-state index in [1.165, 1.54) is 25.0 Å². The van der Waals surface area contributed by atoms with E-state index in [0.717, 1.165) is 31.3 Å². The molecule has 0 spiro atoms. The number of ether oxygens (including phenoxy) is 1. The zero-order valence-electron chi connectivity index (χ0n) is 18.9.